The first-order chi connectivity index (χ1) is 6.09. The summed E-state index contributed by atoms with van der Waals surface area (Å²) in [6.07, 6.45) is 0. The molecule has 0 aliphatic heterocycles. The Morgan fingerprint density at radius 2 is 2.15 bits per heavy atom. The van der Waals surface area contributed by atoms with Crippen molar-refractivity contribution in [2.75, 3.05) is 0 Å². The second-order valence-electron chi connectivity index (χ2n) is 3.12. The fourth-order valence-corrected chi connectivity index (χ4v) is 1.36. The molecule has 3 nitrogen and oxygen atoms in total. The molecule has 2 aromatic rings. The summed E-state index contributed by atoms with van der Waals surface area (Å²) in [5, 5.41) is 3.29. The molecule has 0 radical (unpaired) electrons. The molecule has 0 fully saturated rings. The largest absolute Gasteiger partial charge is 0.295 e. The molecule has 0 aliphatic carbocycles. The van der Waals surface area contributed by atoms with Crippen LogP contribution in [0, 0.1) is 12.7 Å². The molecule has 0 atom stereocenters. The van der Waals surface area contributed by atoms with Crippen LogP contribution in [0.2, 0.25) is 0 Å². The van der Waals surface area contributed by atoms with Crippen molar-refractivity contribution in [3.8, 4) is 0 Å². The van der Waals surface area contributed by atoms with Gasteiger partial charge in [0.25, 0.3) is 5.56 Å². The molecule has 1 aromatic heterocycles. The number of aromatic nitrogens is 2. The van der Waals surface area contributed by atoms with E-state index in [1.54, 1.807) is 20.0 Å². The van der Waals surface area contributed by atoms with Gasteiger partial charge in [0.1, 0.15) is 5.82 Å². The summed E-state index contributed by atoms with van der Waals surface area (Å²) < 4.78 is 14.4. The molecule has 1 aromatic carbocycles. The van der Waals surface area contributed by atoms with Crippen molar-refractivity contribution in [3.63, 3.8) is 0 Å². The Balaban J connectivity index is 2.97. The minimum atomic E-state index is -0.297. The Labute approximate surface area is 73.8 Å². The lowest BCUT2D eigenvalue weighted by atomic mass is 10.2. The minimum absolute atomic E-state index is 0.127. The fraction of sp³-hybridized carbons (Fsp3) is 0.222. The van der Waals surface area contributed by atoms with Gasteiger partial charge in [-0.2, -0.15) is 0 Å². The van der Waals surface area contributed by atoms with E-state index in [-0.39, 0.29) is 11.4 Å². The molecule has 0 saturated heterocycles. The maximum absolute atomic E-state index is 13.1. The molecular weight excluding hydrogens is 171 g/mol. The van der Waals surface area contributed by atoms with E-state index in [2.05, 4.69) is 5.10 Å². The summed E-state index contributed by atoms with van der Waals surface area (Å²) in [4.78, 5) is 11.4. The summed E-state index contributed by atoms with van der Waals surface area (Å²) in [6, 6.07) is 2.90. The number of fused-ring (bicyclic) bond motifs is 1. The van der Waals surface area contributed by atoms with Crippen LogP contribution < -0.4 is 5.56 Å². The van der Waals surface area contributed by atoms with Gasteiger partial charge in [0.15, 0.2) is 0 Å². The number of hydrogen-bond donors (Lipinski definition) is 1. The quantitative estimate of drug-likeness (QED) is 0.652. The first kappa shape index (κ1) is 8.04. The van der Waals surface area contributed by atoms with Crippen molar-refractivity contribution in [3.05, 3.63) is 33.9 Å². The molecule has 0 saturated carbocycles. The van der Waals surface area contributed by atoms with Crippen LogP contribution in [-0.2, 0) is 7.05 Å². The van der Waals surface area contributed by atoms with Gasteiger partial charge in [0.2, 0.25) is 0 Å². The van der Waals surface area contributed by atoms with Crippen LogP contribution in [0.1, 0.15) is 5.56 Å². The highest BCUT2D eigenvalue weighted by atomic mass is 19.1. The molecule has 13 heavy (non-hydrogen) atoms. The Bertz CT molecular complexity index is 524. The molecule has 1 N–H and O–H groups in total. The summed E-state index contributed by atoms with van der Waals surface area (Å²) in [5.74, 6) is -0.297. The molecule has 0 aliphatic rings. The van der Waals surface area contributed by atoms with Crippen LogP contribution in [0.25, 0.3) is 10.9 Å². The number of H-pyrrole nitrogens is 1. The van der Waals surface area contributed by atoms with E-state index in [1.807, 2.05) is 0 Å². The molecule has 2 rings (SSSR count). The van der Waals surface area contributed by atoms with Crippen molar-refractivity contribution in [2.24, 2.45) is 7.05 Å². The topological polar surface area (TPSA) is 37.8 Å². The van der Waals surface area contributed by atoms with Gasteiger partial charge in [-0.25, -0.2) is 4.39 Å². The predicted octanol–water partition coefficient (Wildman–Crippen LogP) is 1.31. The molecule has 1 heterocycles. The van der Waals surface area contributed by atoms with E-state index in [0.717, 1.165) is 0 Å². The standard InChI is InChI=1S/C9H9FN2O/c1-5-3-6-8(4-7(5)10)11-12(2)9(6)13/h3-4,11H,1-2H3. The lowest BCUT2D eigenvalue weighted by molar-refractivity contribution is 0.620. The van der Waals surface area contributed by atoms with E-state index in [4.69, 9.17) is 0 Å². The Morgan fingerprint density at radius 1 is 1.46 bits per heavy atom. The molecule has 0 bridgehead atoms. The molecular formula is C9H9FN2O. The Morgan fingerprint density at radius 3 is 2.85 bits per heavy atom. The zero-order valence-electron chi connectivity index (χ0n) is 7.39. The normalized spacial score (nSPS) is 11.0. The number of nitrogens with zero attached hydrogens (tertiary/aromatic N) is 1. The summed E-state index contributed by atoms with van der Waals surface area (Å²) >= 11 is 0. The third-order valence-electron chi connectivity index (χ3n) is 2.12. The molecule has 4 heteroatoms. The van der Waals surface area contributed by atoms with Crippen LogP contribution in [-0.4, -0.2) is 9.78 Å². The summed E-state index contributed by atoms with van der Waals surface area (Å²) in [7, 11) is 1.61. The van der Waals surface area contributed by atoms with E-state index in [0.29, 0.717) is 16.5 Å². The van der Waals surface area contributed by atoms with Crippen molar-refractivity contribution < 1.29 is 4.39 Å². The van der Waals surface area contributed by atoms with Gasteiger partial charge in [0, 0.05) is 7.05 Å². The summed E-state index contributed by atoms with van der Waals surface area (Å²) in [6.45, 7) is 1.64. The van der Waals surface area contributed by atoms with Gasteiger partial charge in [-0.3, -0.25) is 14.6 Å². The first-order valence-corrected chi connectivity index (χ1v) is 3.94. The highest BCUT2D eigenvalue weighted by Gasteiger charge is 2.06. The van der Waals surface area contributed by atoms with Crippen molar-refractivity contribution in [1.29, 1.82) is 0 Å². The van der Waals surface area contributed by atoms with Crippen LogP contribution >= 0.6 is 0 Å². The van der Waals surface area contributed by atoms with E-state index in [1.165, 1.54) is 10.7 Å². The van der Waals surface area contributed by atoms with E-state index in [9.17, 15) is 9.18 Å². The second-order valence-corrected chi connectivity index (χ2v) is 3.12. The van der Waals surface area contributed by atoms with Crippen molar-refractivity contribution in [1.82, 2.24) is 9.78 Å². The smallest absolute Gasteiger partial charge is 0.274 e. The Hall–Kier alpha value is -1.58. The van der Waals surface area contributed by atoms with Gasteiger partial charge in [-0.05, 0) is 24.6 Å². The molecule has 0 amide bonds. The zero-order valence-corrected chi connectivity index (χ0v) is 7.39. The number of aromatic amines is 1. The monoisotopic (exact) mass is 180 g/mol. The second kappa shape index (κ2) is 2.45. The fourth-order valence-electron chi connectivity index (χ4n) is 1.36. The third-order valence-corrected chi connectivity index (χ3v) is 2.12. The number of nitrogens with one attached hydrogen (secondary N) is 1. The first-order valence-electron chi connectivity index (χ1n) is 3.94. The van der Waals surface area contributed by atoms with Crippen molar-refractivity contribution in [2.45, 2.75) is 6.92 Å². The SMILES string of the molecule is Cc1cc2c(=O)n(C)[nH]c2cc1F. The highest BCUT2D eigenvalue weighted by molar-refractivity contribution is 5.78. The number of hydrogen-bond acceptors (Lipinski definition) is 1. The van der Waals surface area contributed by atoms with Gasteiger partial charge in [-0.15, -0.1) is 0 Å². The van der Waals surface area contributed by atoms with Crippen molar-refractivity contribution >= 4 is 10.9 Å². The maximum Gasteiger partial charge on any atom is 0.274 e. The van der Waals surface area contributed by atoms with Gasteiger partial charge in [-0.1, -0.05) is 0 Å². The van der Waals surface area contributed by atoms with Crippen LogP contribution in [0.5, 0.6) is 0 Å². The van der Waals surface area contributed by atoms with Crippen LogP contribution in [0.4, 0.5) is 4.39 Å². The molecule has 68 valence electrons. The molecule has 0 spiro atoms. The lowest BCUT2D eigenvalue weighted by Crippen LogP contribution is -2.11. The summed E-state index contributed by atoms with van der Waals surface area (Å²) in [5.41, 5.74) is 0.901. The van der Waals surface area contributed by atoms with Crippen LogP contribution in [0.15, 0.2) is 16.9 Å². The predicted molar refractivity (Wildman–Crippen MR) is 48.2 cm³/mol. The third kappa shape index (κ3) is 1.06. The van der Waals surface area contributed by atoms with Gasteiger partial charge < -0.3 is 0 Å². The Kier molecular flexibility index (Phi) is 1.52. The number of rotatable bonds is 0. The van der Waals surface area contributed by atoms with Gasteiger partial charge >= 0.3 is 0 Å². The number of benzene rings is 1. The lowest BCUT2D eigenvalue weighted by Gasteiger charge is -1.93. The number of halogens is 1. The molecule has 0 unspecified atom stereocenters. The maximum atomic E-state index is 13.1. The average molecular weight is 180 g/mol. The average Bonchev–Trinajstić information content (AvgIpc) is 2.32. The number of aryl methyl sites for hydroxylation is 2. The minimum Gasteiger partial charge on any atom is -0.295 e. The zero-order chi connectivity index (χ0) is 9.59. The van der Waals surface area contributed by atoms with E-state index < -0.39 is 0 Å². The highest BCUT2D eigenvalue weighted by Crippen LogP contribution is 2.13. The van der Waals surface area contributed by atoms with E-state index >= 15 is 0 Å². The van der Waals surface area contributed by atoms with Gasteiger partial charge in [0.05, 0.1) is 10.9 Å². The van der Waals surface area contributed by atoms with Crippen LogP contribution in [0.3, 0.4) is 0 Å².